The second-order valence-corrected chi connectivity index (χ2v) is 8.55. The van der Waals surface area contributed by atoms with Gasteiger partial charge in [0.1, 0.15) is 4.90 Å². The topological polar surface area (TPSA) is 69.6 Å². The minimum atomic E-state index is -3.81. The number of hydrogen-bond donors (Lipinski definition) is 2. The van der Waals surface area contributed by atoms with Crippen molar-refractivity contribution in [2.24, 2.45) is 0 Å². The Hall–Kier alpha value is -0.370. The lowest BCUT2D eigenvalue weighted by Crippen LogP contribution is -2.43. The molecule has 2 N–H and O–H groups in total. The van der Waals surface area contributed by atoms with Gasteiger partial charge in [0.15, 0.2) is 0 Å². The predicted octanol–water partition coefficient (Wildman–Crippen LogP) is 2.51. The first kappa shape index (κ1) is 19.0. The predicted molar refractivity (Wildman–Crippen MR) is 92.5 cm³/mol. The van der Waals surface area contributed by atoms with Gasteiger partial charge in [-0.25, -0.2) is 13.1 Å². The van der Waals surface area contributed by atoms with Crippen LogP contribution in [0.4, 0.5) is 0 Å². The van der Waals surface area contributed by atoms with Crippen molar-refractivity contribution < 1.29 is 13.5 Å². The standard InChI is InChI=1S/C15H22Cl2N2O3S/c1-10-6-7-11(2)19(10)9-12(20)8-18-23(21,22)14-5-3-4-13(16)15(14)17/h3-5,10-12,18,20H,6-9H2,1-2H3/t10?,11?,12-/m0/s1. The average Bonchev–Trinajstić information content (AvgIpc) is 2.80. The van der Waals surface area contributed by atoms with Crippen molar-refractivity contribution in [3.63, 3.8) is 0 Å². The van der Waals surface area contributed by atoms with Gasteiger partial charge in [0.25, 0.3) is 0 Å². The van der Waals surface area contributed by atoms with E-state index in [0.717, 1.165) is 12.8 Å². The van der Waals surface area contributed by atoms with Crippen molar-refractivity contribution >= 4 is 33.2 Å². The maximum Gasteiger partial charge on any atom is 0.242 e. The van der Waals surface area contributed by atoms with Crippen molar-refractivity contribution in [3.8, 4) is 0 Å². The van der Waals surface area contributed by atoms with Gasteiger partial charge in [-0.2, -0.15) is 0 Å². The molecule has 3 atom stereocenters. The Bertz CT molecular complexity index is 644. The third-order valence-electron chi connectivity index (χ3n) is 4.27. The van der Waals surface area contributed by atoms with Gasteiger partial charge in [0, 0.05) is 25.2 Å². The number of nitrogens with zero attached hydrogens (tertiary/aromatic N) is 1. The molecule has 1 heterocycles. The number of rotatable bonds is 6. The smallest absolute Gasteiger partial charge is 0.242 e. The Balaban J connectivity index is 1.98. The van der Waals surface area contributed by atoms with Crippen LogP contribution in [0.3, 0.4) is 0 Å². The number of benzene rings is 1. The van der Waals surface area contributed by atoms with E-state index in [-0.39, 0.29) is 21.5 Å². The Kier molecular flexibility index (Phi) is 6.33. The van der Waals surface area contributed by atoms with Crippen LogP contribution >= 0.6 is 23.2 Å². The normalized spacial score (nSPS) is 24.0. The minimum Gasteiger partial charge on any atom is -0.390 e. The van der Waals surface area contributed by atoms with Crippen LogP contribution in [-0.2, 0) is 10.0 Å². The summed E-state index contributed by atoms with van der Waals surface area (Å²) in [5.74, 6) is 0. The molecule has 0 bridgehead atoms. The SMILES string of the molecule is CC1CCC(C)N1C[C@@H](O)CNS(=O)(=O)c1cccc(Cl)c1Cl. The van der Waals surface area contributed by atoms with Crippen LogP contribution in [0.2, 0.25) is 10.0 Å². The van der Waals surface area contributed by atoms with E-state index < -0.39 is 16.1 Å². The molecule has 5 nitrogen and oxygen atoms in total. The number of aliphatic hydroxyl groups excluding tert-OH is 1. The average molecular weight is 381 g/mol. The fourth-order valence-corrected chi connectivity index (χ4v) is 4.72. The maximum atomic E-state index is 12.3. The highest BCUT2D eigenvalue weighted by atomic mass is 35.5. The van der Waals surface area contributed by atoms with Gasteiger partial charge >= 0.3 is 0 Å². The van der Waals surface area contributed by atoms with Gasteiger partial charge in [-0.1, -0.05) is 29.3 Å². The molecule has 1 aliphatic rings. The molecular formula is C15H22Cl2N2O3S. The quantitative estimate of drug-likeness (QED) is 0.795. The number of likely N-dealkylation sites (tertiary alicyclic amines) is 1. The number of halogens is 2. The fraction of sp³-hybridized carbons (Fsp3) is 0.600. The van der Waals surface area contributed by atoms with Gasteiger partial charge in [-0.15, -0.1) is 0 Å². The molecular weight excluding hydrogens is 359 g/mol. The summed E-state index contributed by atoms with van der Waals surface area (Å²) >= 11 is 11.8. The van der Waals surface area contributed by atoms with Crippen LogP contribution in [0, 0.1) is 0 Å². The zero-order valence-electron chi connectivity index (χ0n) is 13.2. The Morgan fingerprint density at radius 2 is 1.91 bits per heavy atom. The van der Waals surface area contributed by atoms with E-state index in [1.54, 1.807) is 0 Å². The van der Waals surface area contributed by atoms with Crippen molar-refractivity contribution in [1.29, 1.82) is 0 Å². The zero-order valence-corrected chi connectivity index (χ0v) is 15.5. The van der Waals surface area contributed by atoms with Crippen LogP contribution in [-0.4, -0.2) is 49.7 Å². The second-order valence-electron chi connectivity index (χ2n) is 6.03. The molecule has 1 aliphatic heterocycles. The Morgan fingerprint density at radius 1 is 1.30 bits per heavy atom. The van der Waals surface area contributed by atoms with Crippen molar-refractivity contribution in [2.75, 3.05) is 13.1 Å². The van der Waals surface area contributed by atoms with E-state index >= 15 is 0 Å². The number of aliphatic hydroxyl groups is 1. The summed E-state index contributed by atoms with van der Waals surface area (Å²) < 4.78 is 27.0. The van der Waals surface area contributed by atoms with Gasteiger partial charge in [-0.05, 0) is 38.8 Å². The van der Waals surface area contributed by atoms with E-state index in [0.29, 0.717) is 18.6 Å². The van der Waals surface area contributed by atoms with Crippen molar-refractivity contribution in [2.45, 2.75) is 49.8 Å². The molecule has 23 heavy (non-hydrogen) atoms. The lowest BCUT2D eigenvalue weighted by Gasteiger charge is -2.28. The van der Waals surface area contributed by atoms with Crippen molar-refractivity contribution in [1.82, 2.24) is 9.62 Å². The summed E-state index contributed by atoms with van der Waals surface area (Å²) in [6.07, 6.45) is 1.40. The van der Waals surface area contributed by atoms with E-state index in [1.165, 1.54) is 18.2 Å². The van der Waals surface area contributed by atoms with Crippen LogP contribution in [0.1, 0.15) is 26.7 Å². The highest BCUT2D eigenvalue weighted by Crippen LogP contribution is 2.28. The maximum absolute atomic E-state index is 12.3. The first-order valence-corrected chi connectivity index (χ1v) is 9.83. The molecule has 0 saturated carbocycles. The minimum absolute atomic E-state index is 0.0158. The molecule has 1 fully saturated rings. The third-order valence-corrected chi connectivity index (χ3v) is 6.67. The molecule has 2 rings (SSSR count). The van der Waals surface area contributed by atoms with Crippen LogP contribution < -0.4 is 4.72 Å². The van der Waals surface area contributed by atoms with E-state index in [2.05, 4.69) is 23.5 Å². The van der Waals surface area contributed by atoms with Crippen molar-refractivity contribution in [3.05, 3.63) is 28.2 Å². The second kappa shape index (κ2) is 7.68. The summed E-state index contributed by atoms with van der Waals surface area (Å²) in [5.41, 5.74) is 0. The first-order valence-electron chi connectivity index (χ1n) is 7.60. The van der Waals surface area contributed by atoms with Crippen LogP contribution in [0.15, 0.2) is 23.1 Å². The first-order chi connectivity index (χ1) is 10.7. The molecule has 130 valence electrons. The Labute approximate surface area is 147 Å². The highest BCUT2D eigenvalue weighted by molar-refractivity contribution is 7.89. The molecule has 0 aromatic heterocycles. The number of nitrogens with one attached hydrogen (secondary N) is 1. The molecule has 0 amide bonds. The summed E-state index contributed by atoms with van der Waals surface area (Å²) in [7, 11) is -3.81. The van der Waals surface area contributed by atoms with Gasteiger partial charge < -0.3 is 5.11 Å². The molecule has 1 saturated heterocycles. The fourth-order valence-electron chi connectivity index (χ4n) is 2.89. The number of β-amino-alcohol motifs (C(OH)–C–C–N with tert-alkyl or cyclic N) is 1. The molecule has 1 aromatic rings. The number of sulfonamides is 1. The summed E-state index contributed by atoms with van der Waals surface area (Å²) in [6, 6.07) is 5.23. The molecule has 2 unspecified atom stereocenters. The zero-order chi connectivity index (χ0) is 17.2. The molecule has 0 radical (unpaired) electrons. The van der Waals surface area contributed by atoms with E-state index in [9.17, 15) is 13.5 Å². The lowest BCUT2D eigenvalue weighted by molar-refractivity contribution is 0.0941. The van der Waals surface area contributed by atoms with Crippen LogP contribution in [0.5, 0.6) is 0 Å². The third kappa shape index (κ3) is 4.59. The van der Waals surface area contributed by atoms with Gasteiger partial charge in [0.05, 0.1) is 16.1 Å². The van der Waals surface area contributed by atoms with Gasteiger partial charge in [-0.3, -0.25) is 4.90 Å². The van der Waals surface area contributed by atoms with E-state index in [1.807, 2.05) is 0 Å². The summed E-state index contributed by atoms with van der Waals surface area (Å²) in [4.78, 5) is 2.12. The monoisotopic (exact) mass is 380 g/mol. The molecule has 0 spiro atoms. The Morgan fingerprint density at radius 3 is 2.52 bits per heavy atom. The molecule has 0 aliphatic carbocycles. The summed E-state index contributed by atoms with van der Waals surface area (Å²) in [6.45, 7) is 4.60. The summed E-state index contributed by atoms with van der Waals surface area (Å²) in [5, 5.41) is 10.3. The molecule has 1 aromatic carbocycles. The highest BCUT2D eigenvalue weighted by Gasteiger charge is 2.29. The van der Waals surface area contributed by atoms with Crippen LogP contribution in [0.25, 0.3) is 0 Å². The van der Waals surface area contributed by atoms with E-state index in [4.69, 9.17) is 23.2 Å². The largest absolute Gasteiger partial charge is 0.390 e. The van der Waals surface area contributed by atoms with Gasteiger partial charge in [0.2, 0.25) is 10.0 Å². The lowest BCUT2D eigenvalue weighted by atomic mass is 10.2. The molecule has 8 heteroatoms. The number of hydrogen-bond acceptors (Lipinski definition) is 4.